The molecule has 1 unspecified atom stereocenters. The third-order valence-corrected chi connectivity index (χ3v) is 4.09. The summed E-state index contributed by atoms with van der Waals surface area (Å²) in [4.78, 5) is 26.6. The molecule has 0 fully saturated rings. The number of allylic oxidation sites excluding steroid dienone is 3. The molecule has 3 rings (SSSR count). The van der Waals surface area contributed by atoms with E-state index >= 15 is 0 Å². The normalized spacial score (nSPS) is 21.5. The van der Waals surface area contributed by atoms with E-state index in [9.17, 15) is 9.59 Å². The van der Waals surface area contributed by atoms with Crippen molar-refractivity contribution in [3.63, 3.8) is 0 Å². The lowest BCUT2D eigenvalue weighted by atomic mass is 9.99. The van der Waals surface area contributed by atoms with Crippen molar-refractivity contribution in [3.05, 3.63) is 54.1 Å². The highest BCUT2D eigenvalue weighted by Gasteiger charge is 2.45. The quantitative estimate of drug-likeness (QED) is 0.610. The van der Waals surface area contributed by atoms with Crippen LogP contribution in [0, 0.1) is 0 Å². The largest absolute Gasteiger partial charge is 0.506 e. The highest BCUT2D eigenvalue weighted by Crippen LogP contribution is 2.25. The second-order valence-electron chi connectivity index (χ2n) is 4.77. The molecule has 21 heavy (non-hydrogen) atoms. The van der Waals surface area contributed by atoms with Gasteiger partial charge in [-0.1, -0.05) is 40.2 Å². The topological polar surface area (TPSA) is 40.4 Å². The van der Waals surface area contributed by atoms with Gasteiger partial charge < -0.3 is 0 Å². The molecule has 106 valence electrons. The fraction of sp³-hybridized carbons (Fsp3) is 0.188. The molecule has 1 aromatic rings. The Morgan fingerprint density at radius 1 is 1.24 bits per heavy atom. The summed E-state index contributed by atoms with van der Waals surface area (Å²) in [5.74, 6) is -0.278. The molecular formula is C16H14BrN2O2+. The molecule has 4 nitrogen and oxygen atoms in total. The van der Waals surface area contributed by atoms with Crippen molar-refractivity contribution in [2.45, 2.75) is 11.8 Å². The van der Waals surface area contributed by atoms with E-state index in [1.54, 1.807) is 16.7 Å². The average Bonchev–Trinajstić information content (AvgIpc) is 2.50. The number of anilines is 1. The second-order valence-corrected chi connectivity index (χ2v) is 5.83. The maximum absolute atomic E-state index is 12.7. The van der Waals surface area contributed by atoms with E-state index in [0.717, 1.165) is 0 Å². The maximum atomic E-state index is 12.7. The minimum Gasteiger partial charge on any atom is -0.240 e. The molecule has 1 heterocycles. The molecule has 1 aliphatic carbocycles. The monoisotopic (exact) mass is 345 g/mol. The van der Waals surface area contributed by atoms with Gasteiger partial charge in [-0.05, 0) is 31.2 Å². The van der Waals surface area contributed by atoms with Crippen molar-refractivity contribution >= 4 is 39.3 Å². The summed E-state index contributed by atoms with van der Waals surface area (Å²) in [5.41, 5.74) is 1.83. The van der Waals surface area contributed by atoms with Crippen LogP contribution in [0.1, 0.15) is 6.92 Å². The second kappa shape index (κ2) is 5.41. The highest BCUT2D eigenvalue weighted by atomic mass is 79.9. The first-order valence-electron chi connectivity index (χ1n) is 6.76. The van der Waals surface area contributed by atoms with Crippen molar-refractivity contribution in [1.82, 2.24) is 0 Å². The van der Waals surface area contributed by atoms with Gasteiger partial charge in [0.2, 0.25) is 0 Å². The predicted octanol–water partition coefficient (Wildman–Crippen LogP) is 2.89. The van der Waals surface area contributed by atoms with Crippen LogP contribution < -0.4 is 4.90 Å². The number of rotatable bonds is 2. The first-order valence-corrected chi connectivity index (χ1v) is 7.67. The van der Waals surface area contributed by atoms with Crippen molar-refractivity contribution in [2.24, 2.45) is 0 Å². The minimum atomic E-state index is -0.307. The number of nitrogens with zero attached hydrogens (tertiary/aromatic N) is 2. The Morgan fingerprint density at radius 3 is 2.62 bits per heavy atom. The van der Waals surface area contributed by atoms with Crippen LogP contribution in [-0.4, -0.2) is 33.6 Å². The van der Waals surface area contributed by atoms with Gasteiger partial charge in [0.05, 0.1) is 11.4 Å². The standard InChI is InChI=1S/C16H14BrN2O2/c1-2-18-14-9-8-11(17)10-13(14)15(20)19(16(18)21)12-6-4-3-5-7-12/h3-11H,2H2,1H3/q+1. The summed E-state index contributed by atoms with van der Waals surface area (Å²) in [6, 6.07) is 8.70. The van der Waals surface area contributed by atoms with E-state index in [4.69, 9.17) is 0 Å². The van der Waals surface area contributed by atoms with Crippen LogP contribution in [0.4, 0.5) is 10.5 Å². The summed E-state index contributed by atoms with van der Waals surface area (Å²) in [6.45, 7) is 2.41. The maximum Gasteiger partial charge on any atom is 0.506 e. The Hall–Kier alpha value is -2.01. The zero-order valence-corrected chi connectivity index (χ0v) is 13.1. The highest BCUT2D eigenvalue weighted by molar-refractivity contribution is 9.09. The number of alkyl halides is 1. The Balaban J connectivity index is 2.17. The van der Waals surface area contributed by atoms with Crippen LogP contribution >= 0.6 is 15.9 Å². The molecule has 1 aliphatic heterocycles. The van der Waals surface area contributed by atoms with Gasteiger partial charge in [-0.3, -0.25) is 0 Å². The van der Waals surface area contributed by atoms with Gasteiger partial charge in [0.1, 0.15) is 17.0 Å². The first kappa shape index (κ1) is 13.9. The molecule has 2 aliphatic rings. The van der Waals surface area contributed by atoms with Gasteiger partial charge in [-0.25, -0.2) is 4.79 Å². The minimum absolute atomic E-state index is 0.00438. The third kappa shape index (κ3) is 2.27. The van der Waals surface area contributed by atoms with Gasteiger partial charge in [0.15, 0.2) is 0 Å². The molecule has 5 heteroatoms. The number of halogens is 1. The van der Waals surface area contributed by atoms with Crippen LogP contribution in [0.3, 0.4) is 0 Å². The van der Waals surface area contributed by atoms with Crippen molar-refractivity contribution in [1.29, 1.82) is 0 Å². The molecule has 0 saturated carbocycles. The van der Waals surface area contributed by atoms with Crippen LogP contribution in [0.15, 0.2) is 54.1 Å². The van der Waals surface area contributed by atoms with E-state index in [0.29, 0.717) is 23.5 Å². The van der Waals surface area contributed by atoms with Gasteiger partial charge >= 0.3 is 11.9 Å². The lowest BCUT2D eigenvalue weighted by Gasteiger charge is -2.24. The molecule has 0 saturated heterocycles. The zero-order chi connectivity index (χ0) is 15.0. The van der Waals surface area contributed by atoms with E-state index in [-0.39, 0.29) is 16.8 Å². The SMILES string of the molecule is CC[N+]1=C2C=CC(Br)C=C2C(=O)N(c2ccccc2)C1=O. The summed E-state index contributed by atoms with van der Waals surface area (Å²) in [7, 11) is 0. The fourth-order valence-electron chi connectivity index (χ4n) is 2.53. The van der Waals surface area contributed by atoms with Gasteiger partial charge in [0.25, 0.3) is 0 Å². The van der Waals surface area contributed by atoms with Gasteiger partial charge in [-0.15, -0.1) is 4.90 Å². The molecule has 3 amide bonds. The van der Waals surface area contributed by atoms with E-state index in [2.05, 4.69) is 15.9 Å². The summed E-state index contributed by atoms with van der Waals surface area (Å²) in [5, 5.41) is 0. The van der Waals surface area contributed by atoms with Crippen LogP contribution in [0.2, 0.25) is 0 Å². The Labute approximate surface area is 131 Å². The molecule has 0 radical (unpaired) electrons. The summed E-state index contributed by atoms with van der Waals surface area (Å²) < 4.78 is 1.62. The van der Waals surface area contributed by atoms with Crippen LogP contribution in [-0.2, 0) is 4.79 Å². The number of urea groups is 1. The number of carbonyl (C=O) groups excluding carboxylic acids is 2. The fourth-order valence-corrected chi connectivity index (χ4v) is 2.95. The van der Waals surface area contributed by atoms with Crippen molar-refractivity contribution < 1.29 is 14.2 Å². The van der Waals surface area contributed by atoms with Crippen LogP contribution in [0.5, 0.6) is 0 Å². The zero-order valence-electron chi connectivity index (χ0n) is 11.5. The number of hydrogen-bond acceptors (Lipinski definition) is 2. The Bertz CT molecular complexity index is 704. The molecule has 1 aromatic carbocycles. The van der Waals surface area contributed by atoms with Crippen molar-refractivity contribution in [3.8, 4) is 0 Å². The number of hydrogen-bond donors (Lipinski definition) is 0. The molecule has 0 N–H and O–H groups in total. The van der Waals surface area contributed by atoms with Crippen LogP contribution in [0.25, 0.3) is 0 Å². The van der Waals surface area contributed by atoms with E-state index in [1.165, 1.54) is 4.90 Å². The predicted molar refractivity (Wildman–Crippen MR) is 85.1 cm³/mol. The average molecular weight is 346 g/mol. The number of fused-ring (bicyclic) bond motifs is 1. The Kier molecular flexibility index (Phi) is 3.59. The number of para-hydroxylation sites is 1. The molecule has 1 atom stereocenters. The number of carbonyl (C=O) groups is 2. The van der Waals surface area contributed by atoms with Gasteiger partial charge in [0, 0.05) is 0 Å². The van der Waals surface area contributed by atoms with E-state index < -0.39 is 0 Å². The van der Waals surface area contributed by atoms with E-state index in [1.807, 2.05) is 43.4 Å². The smallest absolute Gasteiger partial charge is 0.240 e. The summed E-state index contributed by atoms with van der Waals surface area (Å²) >= 11 is 3.46. The molecular weight excluding hydrogens is 332 g/mol. The third-order valence-electron chi connectivity index (χ3n) is 3.52. The molecule has 0 spiro atoms. The molecule has 0 aromatic heterocycles. The lowest BCUT2D eigenvalue weighted by Crippen LogP contribution is -2.51. The number of amides is 3. The Morgan fingerprint density at radius 2 is 1.95 bits per heavy atom. The first-order chi connectivity index (χ1) is 10.1. The summed E-state index contributed by atoms with van der Waals surface area (Å²) in [6.07, 6.45) is 5.58. The van der Waals surface area contributed by atoms with Crippen molar-refractivity contribution in [2.75, 3.05) is 11.4 Å². The number of benzene rings is 1. The molecule has 0 bridgehead atoms. The lowest BCUT2D eigenvalue weighted by molar-refractivity contribution is -0.421. The van der Waals surface area contributed by atoms with Gasteiger partial charge in [-0.2, -0.15) is 9.37 Å². The number of imide groups is 1.